The van der Waals surface area contributed by atoms with Crippen LogP contribution in [-0.2, 0) is 4.79 Å². The molecule has 0 atom stereocenters. The second-order valence-corrected chi connectivity index (χ2v) is 6.25. The molecular formula is C11H8N4OS3. The topological polar surface area (TPSA) is 67.8 Å². The second kappa shape index (κ2) is 5.64. The standard InChI is InChI=1S/C11H8N4OS3/c16-8(15-11-12-2-4-18-11)5-19-10-7-1-3-17-9(7)13-6-14-10/h1-4,6H,5H2,(H,12,15,16). The Balaban J connectivity index is 1.66. The van der Waals surface area contributed by atoms with E-state index in [9.17, 15) is 4.79 Å². The van der Waals surface area contributed by atoms with Crippen molar-refractivity contribution in [1.29, 1.82) is 0 Å². The zero-order valence-electron chi connectivity index (χ0n) is 9.57. The molecule has 1 N–H and O–H groups in total. The molecular weight excluding hydrogens is 300 g/mol. The molecule has 0 aliphatic carbocycles. The van der Waals surface area contributed by atoms with Crippen LogP contribution in [0.3, 0.4) is 0 Å². The fraction of sp³-hybridized carbons (Fsp3) is 0.0909. The Labute approximate surface area is 121 Å². The number of fused-ring (bicyclic) bond motifs is 1. The highest BCUT2D eigenvalue weighted by atomic mass is 32.2. The lowest BCUT2D eigenvalue weighted by molar-refractivity contribution is -0.113. The summed E-state index contributed by atoms with van der Waals surface area (Å²) in [5, 5.41) is 8.99. The van der Waals surface area contributed by atoms with Crippen molar-refractivity contribution in [2.24, 2.45) is 0 Å². The van der Waals surface area contributed by atoms with Gasteiger partial charge in [-0.1, -0.05) is 11.8 Å². The van der Waals surface area contributed by atoms with Gasteiger partial charge in [0, 0.05) is 17.0 Å². The van der Waals surface area contributed by atoms with Crippen LogP contribution < -0.4 is 5.32 Å². The number of carbonyl (C=O) groups is 1. The monoisotopic (exact) mass is 308 g/mol. The van der Waals surface area contributed by atoms with E-state index in [1.54, 1.807) is 17.5 Å². The number of hydrogen-bond acceptors (Lipinski definition) is 7. The average molecular weight is 308 g/mol. The summed E-state index contributed by atoms with van der Waals surface area (Å²) in [6.45, 7) is 0. The molecule has 3 aromatic rings. The average Bonchev–Trinajstić information content (AvgIpc) is 3.06. The first-order valence-corrected chi connectivity index (χ1v) is 8.08. The van der Waals surface area contributed by atoms with Crippen molar-refractivity contribution in [2.75, 3.05) is 11.1 Å². The van der Waals surface area contributed by atoms with Gasteiger partial charge < -0.3 is 5.32 Å². The van der Waals surface area contributed by atoms with Crippen molar-refractivity contribution in [3.63, 3.8) is 0 Å². The van der Waals surface area contributed by atoms with Gasteiger partial charge in [-0.05, 0) is 11.4 Å². The fourth-order valence-corrected chi connectivity index (χ4v) is 3.58. The summed E-state index contributed by atoms with van der Waals surface area (Å²) in [6.07, 6.45) is 3.19. The Bertz CT molecular complexity index is 695. The molecule has 1 amide bonds. The summed E-state index contributed by atoms with van der Waals surface area (Å²) in [5.74, 6) is 0.226. The minimum Gasteiger partial charge on any atom is -0.301 e. The SMILES string of the molecule is O=C(CSc1ncnc2sccc12)Nc1nccs1. The predicted molar refractivity (Wildman–Crippen MR) is 78.9 cm³/mol. The van der Waals surface area contributed by atoms with Gasteiger partial charge in [-0.25, -0.2) is 15.0 Å². The van der Waals surface area contributed by atoms with E-state index in [1.807, 2.05) is 16.8 Å². The van der Waals surface area contributed by atoms with Crippen molar-refractivity contribution in [1.82, 2.24) is 15.0 Å². The summed E-state index contributed by atoms with van der Waals surface area (Å²) in [6, 6.07) is 1.97. The zero-order valence-corrected chi connectivity index (χ0v) is 12.0. The third-order valence-electron chi connectivity index (χ3n) is 2.24. The molecule has 0 radical (unpaired) electrons. The van der Waals surface area contributed by atoms with Crippen LogP contribution in [-0.4, -0.2) is 26.6 Å². The number of carbonyl (C=O) groups excluding carboxylic acids is 1. The molecule has 0 spiro atoms. The first-order chi connectivity index (χ1) is 9.33. The highest BCUT2D eigenvalue weighted by molar-refractivity contribution is 8.00. The molecule has 0 aromatic carbocycles. The predicted octanol–water partition coefficient (Wildman–Crippen LogP) is 2.88. The number of amides is 1. The molecule has 0 fully saturated rings. The lowest BCUT2D eigenvalue weighted by atomic mass is 10.4. The minimum atomic E-state index is -0.0815. The van der Waals surface area contributed by atoms with E-state index in [-0.39, 0.29) is 5.91 Å². The highest BCUT2D eigenvalue weighted by Gasteiger charge is 2.09. The summed E-state index contributed by atoms with van der Waals surface area (Å²) >= 11 is 4.37. The molecule has 3 heterocycles. The van der Waals surface area contributed by atoms with Crippen molar-refractivity contribution in [3.05, 3.63) is 29.4 Å². The van der Waals surface area contributed by atoms with Gasteiger partial charge in [0.1, 0.15) is 16.2 Å². The van der Waals surface area contributed by atoms with E-state index in [0.29, 0.717) is 10.9 Å². The van der Waals surface area contributed by atoms with Crippen LogP contribution in [0.2, 0.25) is 0 Å². The van der Waals surface area contributed by atoms with Gasteiger partial charge in [-0.15, -0.1) is 22.7 Å². The van der Waals surface area contributed by atoms with Crippen LogP contribution in [0.15, 0.2) is 34.4 Å². The zero-order chi connectivity index (χ0) is 13.1. The number of nitrogens with zero attached hydrogens (tertiary/aromatic N) is 3. The van der Waals surface area contributed by atoms with E-state index < -0.39 is 0 Å². The van der Waals surface area contributed by atoms with Gasteiger partial charge in [-0.3, -0.25) is 4.79 Å². The quantitative estimate of drug-likeness (QED) is 0.593. The first-order valence-electron chi connectivity index (χ1n) is 5.33. The fourth-order valence-electron chi connectivity index (χ4n) is 1.46. The van der Waals surface area contributed by atoms with E-state index in [1.165, 1.54) is 29.4 Å². The minimum absolute atomic E-state index is 0.0815. The first kappa shape index (κ1) is 12.5. The largest absolute Gasteiger partial charge is 0.301 e. The number of hydrogen-bond donors (Lipinski definition) is 1. The molecule has 5 nitrogen and oxygen atoms in total. The summed E-state index contributed by atoms with van der Waals surface area (Å²) in [4.78, 5) is 25.1. The molecule has 0 saturated carbocycles. The molecule has 3 aromatic heterocycles. The van der Waals surface area contributed by atoms with Crippen LogP contribution in [0.1, 0.15) is 0 Å². The van der Waals surface area contributed by atoms with Crippen LogP contribution in [0, 0.1) is 0 Å². The van der Waals surface area contributed by atoms with Crippen LogP contribution in [0.25, 0.3) is 10.2 Å². The van der Waals surface area contributed by atoms with Crippen LogP contribution in [0.5, 0.6) is 0 Å². The molecule has 0 bridgehead atoms. The van der Waals surface area contributed by atoms with Crippen molar-refractivity contribution in [3.8, 4) is 0 Å². The number of thiazole rings is 1. The number of thiophene rings is 1. The van der Waals surface area contributed by atoms with Crippen molar-refractivity contribution in [2.45, 2.75) is 5.03 Å². The Kier molecular flexibility index (Phi) is 3.72. The molecule has 3 rings (SSSR count). The normalized spacial score (nSPS) is 10.7. The molecule has 0 aliphatic heterocycles. The summed E-state index contributed by atoms with van der Waals surface area (Å²) < 4.78 is 0. The number of aromatic nitrogens is 3. The molecule has 0 aliphatic rings. The van der Waals surface area contributed by atoms with Crippen LogP contribution in [0.4, 0.5) is 5.13 Å². The maximum atomic E-state index is 11.8. The lowest BCUT2D eigenvalue weighted by Gasteiger charge is -2.02. The van der Waals surface area contributed by atoms with Crippen molar-refractivity contribution >= 4 is 55.7 Å². The molecule has 0 saturated heterocycles. The number of thioether (sulfide) groups is 1. The van der Waals surface area contributed by atoms with E-state index in [0.717, 1.165) is 15.2 Å². The lowest BCUT2D eigenvalue weighted by Crippen LogP contribution is -2.13. The van der Waals surface area contributed by atoms with Crippen LogP contribution >= 0.6 is 34.4 Å². The third kappa shape index (κ3) is 2.91. The van der Waals surface area contributed by atoms with E-state index in [4.69, 9.17) is 0 Å². The second-order valence-electron chi connectivity index (χ2n) is 3.49. The van der Waals surface area contributed by atoms with E-state index in [2.05, 4.69) is 20.3 Å². The van der Waals surface area contributed by atoms with Gasteiger partial charge >= 0.3 is 0 Å². The van der Waals surface area contributed by atoms with Gasteiger partial charge in [0.15, 0.2) is 5.13 Å². The van der Waals surface area contributed by atoms with Gasteiger partial charge in [-0.2, -0.15) is 0 Å². The van der Waals surface area contributed by atoms with Gasteiger partial charge in [0.25, 0.3) is 0 Å². The molecule has 0 unspecified atom stereocenters. The number of anilines is 1. The van der Waals surface area contributed by atoms with Gasteiger partial charge in [0.2, 0.25) is 5.91 Å². The third-order valence-corrected chi connectivity index (χ3v) is 4.76. The summed E-state index contributed by atoms with van der Waals surface area (Å²) in [5.41, 5.74) is 0. The number of rotatable bonds is 4. The maximum Gasteiger partial charge on any atom is 0.236 e. The Morgan fingerprint density at radius 3 is 3.05 bits per heavy atom. The molecule has 96 valence electrons. The highest BCUT2D eigenvalue weighted by Crippen LogP contribution is 2.27. The number of nitrogens with one attached hydrogen (secondary N) is 1. The Morgan fingerprint density at radius 2 is 2.21 bits per heavy atom. The van der Waals surface area contributed by atoms with Gasteiger partial charge in [0.05, 0.1) is 5.75 Å². The smallest absolute Gasteiger partial charge is 0.236 e. The van der Waals surface area contributed by atoms with E-state index >= 15 is 0 Å². The Morgan fingerprint density at radius 1 is 1.26 bits per heavy atom. The molecule has 19 heavy (non-hydrogen) atoms. The van der Waals surface area contributed by atoms with Crippen molar-refractivity contribution < 1.29 is 4.79 Å². The molecule has 8 heteroatoms. The Hall–Kier alpha value is -1.51. The summed E-state index contributed by atoms with van der Waals surface area (Å²) in [7, 11) is 0. The maximum absolute atomic E-state index is 11.8.